The summed E-state index contributed by atoms with van der Waals surface area (Å²) < 4.78 is 71.3. The van der Waals surface area contributed by atoms with E-state index in [0.29, 0.717) is 44.9 Å². The third-order valence-electron chi connectivity index (χ3n) is 17.3. The molecule has 0 aromatic rings. The Morgan fingerprint density at radius 3 is 1.65 bits per heavy atom. The topological polar surface area (TPSA) is 486 Å². The number of aliphatic carboxylic acids is 1. The second-order valence-corrected chi connectivity index (χ2v) is 22.9. The molecule has 5 heterocycles. The molecule has 0 spiro atoms. The monoisotopic (exact) mass is 1200 g/mol. The van der Waals surface area contributed by atoms with Crippen LogP contribution in [0.5, 0.6) is 0 Å². The Kier molecular flexibility index (Phi) is 23.4. The van der Waals surface area contributed by atoms with Gasteiger partial charge < -0.3 is 139 Å². The van der Waals surface area contributed by atoms with E-state index in [1.54, 1.807) is 6.08 Å². The molecule has 31 nitrogen and oxygen atoms in total. The number of fused-ring (bicyclic) bond motifs is 1. The predicted molar refractivity (Wildman–Crippen MR) is 266 cm³/mol. The van der Waals surface area contributed by atoms with Gasteiger partial charge in [0.1, 0.15) is 117 Å². The minimum atomic E-state index is -2.08. The molecule has 8 aliphatic rings. The van der Waals surface area contributed by atoms with Crippen LogP contribution < -0.4 is 0 Å². The summed E-state index contributed by atoms with van der Waals surface area (Å²) in [6, 6.07) is 0. The summed E-state index contributed by atoms with van der Waals surface area (Å²) in [6.45, 7) is -3.27. The van der Waals surface area contributed by atoms with Crippen molar-refractivity contribution < 1.29 is 153 Å². The van der Waals surface area contributed by atoms with Crippen LogP contribution in [0.25, 0.3) is 0 Å². The fourth-order valence-corrected chi connectivity index (χ4v) is 12.5. The normalized spacial score (nSPS) is 48.0. The van der Waals surface area contributed by atoms with Gasteiger partial charge >= 0.3 is 17.9 Å². The second-order valence-electron chi connectivity index (χ2n) is 22.9. The lowest BCUT2D eigenvalue weighted by Crippen LogP contribution is -2.66. The molecule has 8 rings (SSSR count). The van der Waals surface area contributed by atoms with Crippen molar-refractivity contribution in [2.24, 2.45) is 17.8 Å². The summed E-state index contributed by atoms with van der Waals surface area (Å²) >= 11 is 0. The maximum atomic E-state index is 13.1. The first-order chi connectivity index (χ1) is 39.5. The van der Waals surface area contributed by atoms with E-state index in [9.17, 15) is 96.1 Å². The zero-order valence-corrected chi connectivity index (χ0v) is 45.4. The van der Waals surface area contributed by atoms with Gasteiger partial charge in [0.15, 0.2) is 25.2 Å². The van der Waals surface area contributed by atoms with Crippen molar-refractivity contribution in [3.63, 3.8) is 0 Å². The number of rotatable bonds is 20. The summed E-state index contributed by atoms with van der Waals surface area (Å²) in [5.74, 6) is -4.98. The van der Waals surface area contributed by atoms with E-state index in [2.05, 4.69) is 0 Å². The summed E-state index contributed by atoms with van der Waals surface area (Å²) in [7, 11) is 1.47. The Labute approximate surface area is 475 Å². The lowest BCUT2D eigenvalue weighted by molar-refractivity contribution is -0.381. The fraction of sp³-hybridized carbons (Fsp3) is 0.904. The van der Waals surface area contributed by atoms with Crippen molar-refractivity contribution in [3.05, 3.63) is 12.2 Å². The lowest BCUT2D eigenvalue weighted by Gasteiger charge is -2.53. The van der Waals surface area contributed by atoms with Crippen molar-refractivity contribution in [2.45, 2.75) is 242 Å². The number of carbonyl (C=O) groups is 3. The van der Waals surface area contributed by atoms with Crippen LogP contribution in [-0.4, -0.2) is 305 Å². The molecule has 0 aromatic heterocycles. The number of aliphatic hydroxyl groups excluding tert-OH is 15. The zero-order chi connectivity index (χ0) is 60.1. The number of aliphatic hydroxyl groups is 15. The Bertz CT molecular complexity index is 2100. The highest BCUT2D eigenvalue weighted by Crippen LogP contribution is 2.46. The minimum Gasteiger partial charge on any atom is -0.481 e. The van der Waals surface area contributed by atoms with Crippen LogP contribution in [0.2, 0.25) is 0 Å². The molecule has 0 aromatic carbocycles. The van der Waals surface area contributed by atoms with Crippen LogP contribution in [0, 0.1) is 17.8 Å². The molecular weight excluding hydrogens is 1120 g/mol. The number of ether oxygens (including phenoxy) is 12. The van der Waals surface area contributed by atoms with Crippen LogP contribution >= 0.6 is 0 Å². The van der Waals surface area contributed by atoms with Gasteiger partial charge in [0.05, 0.1) is 62.0 Å². The Hall–Kier alpha value is -2.85. The maximum Gasteiger partial charge on any atom is 0.330 e. The third kappa shape index (κ3) is 15.7. The highest BCUT2D eigenvalue weighted by atomic mass is 16.8. The SMILES string of the molecule is COC1CC(C=CC(=O)OCC2OC(OC3CC4C(OC5OC(COC(=O)CC(=O)O)C(OC6OC(CO)C(O)C(O)C6O)C(O)C5O)CC(O)CC4OC3C3CCC(O)CC3)C(OC3OC(CO)C(O)C(O)C3O)C(O)C2O)CCC1O. The average Bonchev–Trinajstić information content (AvgIpc) is 3.65. The van der Waals surface area contributed by atoms with E-state index in [0.717, 1.165) is 0 Å². The molecule has 3 aliphatic carbocycles. The summed E-state index contributed by atoms with van der Waals surface area (Å²) in [4.78, 5) is 37.0. The number of carboxylic acid groups (broad SMARTS) is 1. The van der Waals surface area contributed by atoms with E-state index in [1.165, 1.54) is 13.2 Å². The molecule has 29 atom stereocenters. The van der Waals surface area contributed by atoms with E-state index < -0.39 is 228 Å². The maximum absolute atomic E-state index is 13.1. The van der Waals surface area contributed by atoms with Crippen molar-refractivity contribution >= 4 is 17.9 Å². The molecule has 0 bridgehead atoms. The number of esters is 2. The van der Waals surface area contributed by atoms with Gasteiger partial charge in [-0.25, -0.2) is 4.79 Å². The number of carbonyl (C=O) groups excluding carboxylic acids is 2. The number of carboxylic acids is 1. The van der Waals surface area contributed by atoms with Gasteiger partial charge in [-0.3, -0.25) is 9.59 Å². The number of allylic oxidation sites excluding steroid dienone is 1. The lowest BCUT2D eigenvalue weighted by atomic mass is 9.72. The van der Waals surface area contributed by atoms with Gasteiger partial charge in [0.2, 0.25) is 0 Å². The number of hydrogen-bond donors (Lipinski definition) is 16. The molecule has 31 heteroatoms. The van der Waals surface area contributed by atoms with E-state index in [4.69, 9.17) is 56.8 Å². The summed E-state index contributed by atoms with van der Waals surface area (Å²) in [5, 5.41) is 172. The zero-order valence-electron chi connectivity index (χ0n) is 45.4. The third-order valence-corrected chi connectivity index (χ3v) is 17.3. The predicted octanol–water partition coefficient (Wildman–Crippen LogP) is -7.21. The van der Waals surface area contributed by atoms with Gasteiger partial charge in [-0.05, 0) is 69.6 Å². The first-order valence-corrected chi connectivity index (χ1v) is 28.2. The fourth-order valence-electron chi connectivity index (χ4n) is 12.5. The van der Waals surface area contributed by atoms with Gasteiger partial charge in [0.25, 0.3) is 0 Å². The molecule has 83 heavy (non-hydrogen) atoms. The standard InChI is InChI=1S/C52H82O31/c1-72-27-10-19(2-8-24(27)57)3-9-34(60)73-17-31-38(64)41(67)48(83-51-44(70)40(66)37(63)30(16-54)79-51)52(80-31)77-28-13-23-25(75-46(28)20-4-6-21(55)7-5-20)11-22(56)12-26(23)76-49-45(71)42(68)47(32(81-49)18-74-35(61)14-33(58)59)82-50-43(69)39(65)36(62)29(15-53)78-50/h3,9,19-32,36-57,62-71H,2,4-8,10-18H2,1H3,(H,58,59). The molecule has 8 fully saturated rings. The molecule has 29 unspecified atom stereocenters. The first kappa shape index (κ1) is 66.1. The molecule has 0 amide bonds. The van der Waals surface area contributed by atoms with Gasteiger partial charge in [0, 0.05) is 25.5 Å². The molecule has 3 saturated carbocycles. The van der Waals surface area contributed by atoms with Crippen molar-refractivity contribution in [3.8, 4) is 0 Å². The average molecular weight is 1200 g/mol. The van der Waals surface area contributed by atoms with Crippen molar-refractivity contribution in [2.75, 3.05) is 33.5 Å². The minimum absolute atomic E-state index is 0.0300. The molecule has 5 aliphatic heterocycles. The second kappa shape index (κ2) is 29.4. The summed E-state index contributed by atoms with van der Waals surface area (Å²) in [6.07, 6.45) is -39.5. The van der Waals surface area contributed by atoms with Gasteiger partial charge in [-0.2, -0.15) is 0 Å². The number of hydrogen-bond acceptors (Lipinski definition) is 30. The summed E-state index contributed by atoms with van der Waals surface area (Å²) in [5.41, 5.74) is 0. The van der Waals surface area contributed by atoms with E-state index in [-0.39, 0.29) is 31.1 Å². The molecule has 476 valence electrons. The number of methoxy groups -OCH3 is 1. The van der Waals surface area contributed by atoms with Crippen LogP contribution in [0.4, 0.5) is 0 Å². The van der Waals surface area contributed by atoms with Gasteiger partial charge in [-0.1, -0.05) is 6.08 Å². The Morgan fingerprint density at radius 2 is 1.04 bits per heavy atom. The largest absolute Gasteiger partial charge is 0.481 e. The van der Waals surface area contributed by atoms with Gasteiger partial charge in [-0.15, -0.1) is 0 Å². The smallest absolute Gasteiger partial charge is 0.330 e. The quantitative estimate of drug-likeness (QED) is 0.0306. The molecular formula is C52H82O31. The van der Waals surface area contributed by atoms with Crippen LogP contribution in [0.1, 0.15) is 70.6 Å². The van der Waals surface area contributed by atoms with Crippen LogP contribution in [-0.2, 0) is 71.2 Å². The van der Waals surface area contributed by atoms with Crippen molar-refractivity contribution in [1.29, 1.82) is 0 Å². The Morgan fingerprint density at radius 1 is 0.494 bits per heavy atom. The van der Waals surface area contributed by atoms with Crippen molar-refractivity contribution in [1.82, 2.24) is 0 Å². The van der Waals surface area contributed by atoms with E-state index >= 15 is 0 Å². The first-order valence-electron chi connectivity index (χ1n) is 28.2. The molecule has 5 saturated heterocycles. The highest BCUT2D eigenvalue weighted by molar-refractivity contribution is 5.90. The Balaban J connectivity index is 1.05. The highest BCUT2D eigenvalue weighted by Gasteiger charge is 2.57. The van der Waals surface area contributed by atoms with Crippen LogP contribution in [0.3, 0.4) is 0 Å². The molecule has 16 N–H and O–H groups in total. The van der Waals surface area contributed by atoms with Crippen LogP contribution in [0.15, 0.2) is 12.2 Å². The molecule has 0 radical (unpaired) electrons. The van der Waals surface area contributed by atoms with E-state index in [1.807, 2.05) is 0 Å².